The van der Waals surface area contributed by atoms with Gasteiger partial charge in [0.05, 0.1) is 22.2 Å². The van der Waals surface area contributed by atoms with E-state index in [4.69, 9.17) is 10.2 Å². The Labute approximate surface area is 241 Å². The highest BCUT2D eigenvalue weighted by molar-refractivity contribution is 6.12. The van der Waals surface area contributed by atoms with Gasteiger partial charge >= 0.3 is 0 Å². The van der Waals surface area contributed by atoms with E-state index in [9.17, 15) is 0 Å². The van der Waals surface area contributed by atoms with Gasteiger partial charge in [0.1, 0.15) is 0 Å². The lowest BCUT2D eigenvalue weighted by atomic mass is 9.97. The van der Waals surface area contributed by atoms with Gasteiger partial charge in [-0.05, 0) is 35.2 Å². The molecule has 0 atom stereocenters. The molecule has 196 valence electrons. The van der Waals surface area contributed by atoms with Crippen LogP contribution in [0.1, 0.15) is 0 Å². The van der Waals surface area contributed by atoms with Crippen LogP contribution in [-0.2, 0) is 0 Å². The van der Waals surface area contributed by atoms with E-state index in [1.807, 2.05) is 0 Å². The Hall–Kier alpha value is -5.74. The number of rotatable bonds is 3. The standard InChI is InChI=1S/C38H24N4/c1-3-19-31(37-39-40-38-32-20-4-2-14-26(32)28-16-6-12-24-36(28)42(37)38)25(13-1)27-15-5-9-21-33(27)41-34-22-10-7-17-29(34)30-18-8-11-23-35(30)41/h1-24H. The summed E-state index contributed by atoms with van der Waals surface area (Å²) in [6, 6.07) is 51.5. The van der Waals surface area contributed by atoms with E-state index in [2.05, 4.69) is 155 Å². The zero-order chi connectivity index (χ0) is 27.6. The van der Waals surface area contributed by atoms with Gasteiger partial charge in [-0.25, -0.2) is 0 Å². The molecule has 0 radical (unpaired) electrons. The molecule has 9 aromatic rings. The first kappa shape index (κ1) is 23.0. The maximum Gasteiger partial charge on any atom is 0.169 e. The van der Waals surface area contributed by atoms with E-state index in [0.29, 0.717) is 0 Å². The fourth-order valence-corrected chi connectivity index (χ4v) is 6.66. The molecule has 4 nitrogen and oxygen atoms in total. The second kappa shape index (κ2) is 8.88. The lowest BCUT2D eigenvalue weighted by molar-refractivity contribution is 1.12. The quantitative estimate of drug-likeness (QED) is 0.211. The van der Waals surface area contributed by atoms with E-state index >= 15 is 0 Å². The largest absolute Gasteiger partial charge is 0.309 e. The average Bonchev–Trinajstić information content (AvgIpc) is 3.65. The van der Waals surface area contributed by atoms with Crippen LogP contribution < -0.4 is 0 Å². The van der Waals surface area contributed by atoms with Gasteiger partial charge in [0, 0.05) is 32.7 Å². The Balaban J connectivity index is 1.36. The Bertz CT molecular complexity index is 2430. The highest BCUT2D eigenvalue weighted by Crippen LogP contribution is 2.40. The molecule has 0 bridgehead atoms. The number of fused-ring (bicyclic) bond motifs is 9. The molecule has 0 saturated carbocycles. The zero-order valence-corrected chi connectivity index (χ0v) is 22.6. The molecule has 0 aliphatic rings. The van der Waals surface area contributed by atoms with Gasteiger partial charge in [0.2, 0.25) is 0 Å². The fraction of sp³-hybridized carbons (Fsp3) is 0. The summed E-state index contributed by atoms with van der Waals surface area (Å²) in [6.45, 7) is 0. The maximum absolute atomic E-state index is 4.85. The molecular formula is C38H24N4. The van der Waals surface area contributed by atoms with Crippen molar-refractivity contribution in [2.45, 2.75) is 0 Å². The number of para-hydroxylation sites is 4. The minimum atomic E-state index is 0.833. The van der Waals surface area contributed by atoms with Crippen LogP contribution in [0.5, 0.6) is 0 Å². The van der Waals surface area contributed by atoms with Crippen molar-refractivity contribution in [1.82, 2.24) is 19.2 Å². The predicted molar refractivity (Wildman–Crippen MR) is 173 cm³/mol. The van der Waals surface area contributed by atoms with Gasteiger partial charge in [0.15, 0.2) is 11.5 Å². The molecular weight excluding hydrogens is 512 g/mol. The number of nitrogens with zero attached hydrogens (tertiary/aromatic N) is 4. The first-order chi connectivity index (χ1) is 20.9. The monoisotopic (exact) mass is 536 g/mol. The molecule has 9 rings (SSSR count). The molecule has 0 saturated heterocycles. The molecule has 42 heavy (non-hydrogen) atoms. The van der Waals surface area contributed by atoms with Crippen LogP contribution in [0.25, 0.3) is 77.3 Å². The van der Waals surface area contributed by atoms with Gasteiger partial charge < -0.3 is 4.57 Å². The fourth-order valence-electron chi connectivity index (χ4n) is 6.66. The second-order valence-corrected chi connectivity index (χ2v) is 10.7. The maximum atomic E-state index is 4.85. The number of hydrogen-bond donors (Lipinski definition) is 0. The molecule has 3 aromatic heterocycles. The van der Waals surface area contributed by atoms with Crippen LogP contribution in [0, 0.1) is 0 Å². The normalized spacial score (nSPS) is 11.8. The third-order valence-electron chi connectivity index (χ3n) is 8.45. The first-order valence-corrected chi connectivity index (χ1v) is 14.2. The Morgan fingerprint density at radius 2 is 0.833 bits per heavy atom. The van der Waals surface area contributed by atoms with Crippen molar-refractivity contribution in [1.29, 1.82) is 0 Å². The van der Waals surface area contributed by atoms with E-state index in [0.717, 1.165) is 44.8 Å². The number of aromatic nitrogens is 4. The number of hydrogen-bond acceptors (Lipinski definition) is 2. The molecule has 0 unspecified atom stereocenters. The van der Waals surface area contributed by atoms with E-state index in [1.165, 1.54) is 32.6 Å². The molecule has 0 spiro atoms. The molecule has 0 aliphatic carbocycles. The van der Waals surface area contributed by atoms with Crippen molar-refractivity contribution in [2.24, 2.45) is 0 Å². The highest BCUT2D eigenvalue weighted by Gasteiger charge is 2.21. The minimum absolute atomic E-state index is 0.833. The summed E-state index contributed by atoms with van der Waals surface area (Å²) in [7, 11) is 0. The van der Waals surface area contributed by atoms with Gasteiger partial charge in [-0.15, -0.1) is 10.2 Å². The van der Waals surface area contributed by atoms with Crippen LogP contribution in [-0.4, -0.2) is 19.2 Å². The molecule has 0 aliphatic heterocycles. The van der Waals surface area contributed by atoms with E-state index < -0.39 is 0 Å². The molecule has 0 N–H and O–H groups in total. The molecule has 0 fully saturated rings. The third-order valence-corrected chi connectivity index (χ3v) is 8.45. The summed E-state index contributed by atoms with van der Waals surface area (Å²) in [5.41, 5.74) is 8.76. The lowest BCUT2D eigenvalue weighted by Gasteiger charge is -2.16. The zero-order valence-electron chi connectivity index (χ0n) is 22.6. The first-order valence-electron chi connectivity index (χ1n) is 14.2. The SMILES string of the molecule is c1ccc(-c2nnc3c4ccccc4c4ccccc4n23)c(-c2ccccc2-n2c3ccccc3c3ccccc32)c1. The Morgan fingerprint density at radius 3 is 1.52 bits per heavy atom. The van der Waals surface area contributed by atoms with Gasteiger partial charge in [-0.1, -0.05) is 121 Å². The van der Waals surface area contributed by atoms with Gasteiger partial charge in [-0.2, -0.15) is 0 Å². The summed E-state index contributed by atoms with van der Waals surface area (Å²) in [5.74, 6) is 0.833. The number of pyridine rings is 1. The Kier molecular flexibility index (Phi) is 4.87. The predicted octanol–water partition coefficient (Wildman–Crippen LogP) is 9.47. The molecule has 3 heterocycles. The second-order valence-electron chi connectivity index (χ2n) is 10.7. The van der Waals surface area contributed by atoms with E-state index in [1.54, 1.807) is 0 Å². The third kappa shape index (κ3) is 3.17. The molecule has 4 heteroatoms. The summed E-state index contributed by atoms with van der Waals surface area (Å²) in [4.78, 5) is 0. The van der Waals surface area contributed by atoms with Crippen molar-refractivity contribution < 1.29 is 0 Å². The van der Waals surface area contributed by atoms with Crippen LogP contribution >= 0.6 is 0 Å². The van der Waals surface area contributed by atoms with Crippen molar-refractivity contribution >= 4 is 49.1 Å². The van der Waals surface area contributed by atoms with Crippen LogP contribution in [0.15, 0.2) is 146 Å². The summed E-state index contributed by atoms with van der Waals surface area (Å²) < 4.78 is 4.61. The van der Waals surface area contributed by atoms with Crippen LogP contribution in [0.2, 0.25) is 0 Å². The van der Waals surface area contributed by atoms with Crippen molar-refractivity contribution in [3.8, 4) is 28.2 Å². The van der Waals surface area contributed by atoms with E-state index in [-0.39, 0.29) is 0 Å². The summed E-state index contributed by atoms with van der Waals surface area (Å²) in [5, 5.41) is 15.6. The van der Waals surface area contributed by atoms with Crippen molar-refractivity contribution in [2.75, 3.05) is 0 Å². The summed E-state index contributed by atoms with van der Waals surface area (Å²) in [6.07, 6.45) is 0. The smallest absolute Gasteiger partial charge is 0.169 e. The minimum Gasteiger partial charge on any atom is -0.309 e. The topological polar surface area (TPSA) is 35.1 Å². The summed E-state index contributed by atoms with van der Waals surface area (Å²) >= 11 is 0. The van der Waals surface area contributed by atoms with Crippen molar-refractivity contribution in [3.63, 3.8) is 0 Å². The Morgan fingerprint density at radius 1 is 0.357 bits per heavy atom. The average molecular weight is 537 g/mol. The van der Waals surface area contributed by atoms with Crippen LogP contribution in [0.4, 0.5) is 0 Å². The van der Waals surface area contributed by atoms with Crippen LogP contribution in [0.3, 0.4) is 0 Å². The molecule has 6 aromatic carbocycles. The van der Waals surface area contributed by atoms with Crippen molar-refractivity contribution in [3.05, 3.63) is 146 Å². The van der Waals surface area contributed by atoms with Gasteiger partial charge in [0.25, 0.3) is 0 Å². The highest BCUT2D eigenvalue weighted by atomic mass is 15.2. The lowest BCUT2D eigenvalue weighted by Crippen LogP contribution is -1.99. The van der Waals surface area contributed by atoms with Gasteiger partial charge in [-0.3, -0.25) is 4.40 Å². The molecule has 0 amide bonds. The number of benzene rings is 6.